The Hall–Kier alpha value is -0.890. The maximum Gasteiger partial charge on any atom is 0.0624 e. The number of pyridine rings is 1. The minimum Gasteiger partial charge on any atom is -0.378 e. The molecule has 1 aliphatic heterocycles. The maximum absolute atomic E-state index is 5.52. The van der Waals surface area contributed by atoms with Crippen molar-refractivity contribution in [1.29, 1.82) is 0 Å². The molecule has 2 fully saturated rings. The third kappa shape index (κ3) is 12.1. The summed E-state index contributed by atoms with van der Waals surface area (Å²) < 4.78 is 5.52. The van der Waals surface area contributed by atoms with Gasteiger partial charge in [-0.05, 0) is 48.1 Å². The third-order valence-corrected chi connectivity index (χ3v) is 5.95. The summed E-state index contributed by atoms with van der Waals surface area (Å²) in [6.07, 6.45) is 13.7. The summed E-state index contributed by atoms with van der Waals surface area (Å²) in [5.41, 5.74) is 2.25. The molecule has 2 nitrogen and oxygen atoms in total. The van der Waals surface area contributed by atoms with E-state index in [4.69, 9.17) is 4.74 Å². The van der Waals surface area contributed by atoms with Gasteiger partial charge in [0.1, 0.15) is 0 Å². The van der Waals surface area contributed by atoms with Gasteiger partial charge in [-0.2, -0.15) is 0 Å². The molecule has 0 bridgehead atoms. The average molecular weight is 418 g/mol. The average Bonchev–Trinajstić information content (AvgIpc) is 3.18. The Bertz CT molecular complexity index is 547. The fourth-order valence-electron chi connectivity index (χ4n) is 4.32. The first-order chi connectivity index (χ1) is 13.8. The molecular weight excluding hydrogens is 366 g/mol. The summed E-state index contributed by atoms with van der Waals surface area (Å²) in [5, 5.41) is 0. The monoisotopic (exact) mass is 417 g/mol. The normalized spacial score (nSPS) is 20.6. The first kappa shape index (κ1) is 27.1. The molecule has 1 aromatic heterocycles. The summed E-state index contributed by atoms with van der Waals surface area (Å²) in [4.78, 5) is 4.25. The molecule has 0 aromatic carbocycles. The van der Waals surface area contributed by atoms with E-state index in [1.165, 1.54) is 51.4 Å². The highest BCUT2D eigenvalue weighted by atomic mass is 16.5. The van der Waals surface area contributed by atoms with E-state index in [-0.39, 0.29) is 5.41 Å². The molecule has 30 heavy (non-hydrogen) atoms. The first-order valence-corrected chi connectivity index (χ1v) is 12.3. The van der Waals surface area contributed by atoms with Gasteiger partial charge >= 0.3 is 0 Å². The predicted octanol–water partition coefficient (Wildman–Crippen LogP) is 8.59. The standard InChI is InChI=1S/C11H22.C9H13N.C8H16O/c1-11(2,3)9-10-7-5-4-6-8-10;1-9(2,3)8-6-4-5-7-10-8;1-8(2,3)7-5-4-6-9-7/h10H,4-9H2,1-3H3;4-7H,1-3H3;7H,4-6H2,1-3H3. The number of nitrogens with zero attached hydrogens (tertiary/aromatic N) is 1. The Morgan fingerprint density at radius 1 is 0.833 bits per heavy atom. The Kier molecular flexibility index (Phi) is 11.1. The zero-order valence-electron chi connectivity index (χ0n) is 21.7. The van der Waals surface area contributed by atoms with Crippen molar-refractivity contribution in [3.63, 3.8) is 0 Å². The quantitative estimate of drug-likeness (QED) is 0.456. The van der Waals surface area contributed by atoms with Gasteiger partial charge in [0.05, 0.1) is 6.10 Å². The SMILES string of the molecule is CC(C)(C)C1CCCO1.CC(C)(C)CC1CCCCC1.CC(C)(C)c1ccccn1. The summed E-state index contributed by atoms with van der Waals surface area (Å²) in [5.74, 6) is 1.05. The van der Waals surface area contributed by atoms with E-state index >= 15 is 0 Å². The van der Waals surface area contributed by atoms with Crippen molar-refractivity contribution >= 4 is 0 Å². The molecule has 1 atom stereocenters. The number of aromatic nitrogens is 1. The molecule has 1 unspecified atom stereocenters. The Morgan fingerprint density at radius 2 is 1.47 bits per heavy atom. The fraction of sp³-hybridized carbons (Fsp3) is 0.821. The highest BCUT2D eigenvalue weighted by molar-refractivity contribution is 5.12. The van der Waals surface area contributed by atoms with E-state index in [0.717, 1.165) is 18.2 Å². The molecule has 0 N–H and O–H groups in total. The second kappa shape index (κ2) is 12.2. The van der Waals surface area contributed by atoms with Crippen LogP contribution in [0.3, 0.4) is 0 Å². The molecule has 2 heteroatoms. The largest absolute Gasteiger partial charge is 0.378 e. The molecule has 0 spiro atoms. The maximum atomic E-state index is 5.52. The Balaban J connectivity index is 0.000000226. The lowest BCUT2D eigenvalue weighted by molar-refractivity contribution is 0.0290. The summed E-state index contributed by atoms with van der Waals surface area (Å²) >= 11 is 0. The highest BCUT2D eigenvalue weighted by Crippen LogP contribution is 2.33. The second-order valence-electron chi connectivity index (χ2n) is 12.6. The molecule has 3 rings (SSSR count). The van der Waals surface area contributed by atoms with Crippen LogP contribution in [0.1, 0.15) is 119 Å². The zero-order valence-corrected chi connectivity index (χ0v) is 21.7. The third-order valence-electron chi connectivity index (χ3n) is 5.95. The highest BCUT2D eigenvalue weighted by Gasteiger charge is 2.28. The molecule has 1 saturated carbocycles. The van der Waals surface area contributed by atoms with Gasteiger partial charge in [-0.25, -0.2) is 0 Å². The summed E-state index contributed by atoms with van der Waals surface area (Å²) in [6.45, 7) is 21.3. The predicted molar refractivity (Wildman–Crippen MR) is 132 cm³/mol. The molecule has 1 saturated heterocycles. The molecule has 2 heterocycles. The van der Waals surface area contributed by atoms with Crippen LogP contribution in [0.5, 0.6) is 0 Å². The van der Waals surface area contributed by atoms with E-state index in [9.17, 15) is 0 Å². The van der Waals surface area contributed by atoms with Crippen LogP contribution in [0.25, 0.3) is 0 Å². The number of hydrogen-bond donors (Lipinski definition) is 0. The van der Waals surface area contributed by atoms with Crippen LogP contribution >= 0.6 is 0 Å². The zero-order chi connectivity index (χ0) is 22.8. The van der Waals surface area contributed by atoms with Crippen molar-refractivity contribution in [2.24, 2.45) is 16.7 Å². The lowest BCUT2D eigenvalue weighted by atomic mass is 9.78. The summed E-state index contributed by atoms with van der Waals surface area (Å²) in [7, 11) is 0. The Labute approximate surface area is 188 Å². The molecule has 0 radical (unpaired) electrons. The molecular formula is C28H51NO. The van der Waals surface area contributed by atoms with Crippen LogP contribution in [0.15, 0.2) is 24.4 Å². The summed E-state index contributed by atoms with van der Waals surface area (Å²) in [6, 6.07) is 6.02. The van der Waals surface area contributed by atoms with Gasteiger partial charge in [0.25, 0.3) is 0 Å². The van der Waals surface area contributed by atoms with Crippen LogP contribution in [-0.4, -0.2) is 17.7 Å². The van der Waals surface area contributed by atoms with E-state index in [1.807, 2.05) is 18.3 Å². The van der Waals surface area contributed by atoms with E-state index < -0.39 is 0 Å². The van der Waals surface area contributed by atoms with Crippen molar-refractivity contribution in [2.75, 3.05) is 6.61 Å². The molecule has 0 amide bonds. The van der Waals surface area contributed by atoms with E-state index in [2.05, 4.69) is 73.4 Å². The van der Waals surface area contributed by atoms with Crippen molar-refractivity contribution < 1.29 is 4.74 Å². The lowest BCUT2D eigenvalue weighted by Crippen LogP contribution is -2.24. The van der Waals surface area contributed by atoms with Crippen LogP contribution in [-0.2, 0) is 10.2 Å². The van der Waals surface area contributed by atoms with Crippen molar-refractivity contribution in [1.82, 2.24) is 4.98 Å². The Morgan fingerprint density at radius 3 is 1.80 bits per heavy atom. The number of rotatable bonds is 1. The minimum absolute atomic E-state index is 0.182. The van der Waals surface area contributed by atoms with E-state index in [1.54, 1.807) is 0 Å². The smallest absolute Gasteiger partial charge is 0.0624 e. The molecule has 1 aromatic rings. The van der Waals surface area contributed by atoms with Gasteiger partial charge in [-0.1, -0.05) is 100 Å². The molecule has 174 valence electrons. The second-order valence-corrected chi connectivity index (χ2v) is 12.6. The van der Waals surface area contributed by atoms with Crippen LogP contribution in [0.2, 0.25) is 0 Å². The minimum atomic E-state index is 0.182. The lowest BCUT2D eigenvalue weighted by Gasteiger charge is -2.28. The topological polar surface area (TPSA) is 22.1 Å². The number of hydrogen-bond acceptors (Lipinski definition) is 2. The molecule has 2 aliphatic rings. The van der Waals surface area contributed by atoms with Crippen molar-refractivity contribution in [3.05, 3.63) is 30.1 Å². The van der Waals surface area contributed by atoms with Gasteiger partial charge in [0.15, 0.2) is 0 Å². The molecule has 1 aliphatic carbocycles. The van der Waals surface area contributed by atoms with Gasteiger partial charge < -0.3 is 4.74 Å². The van der Waals surface area contributed by atoms with Gasteiger partial charge in [0, 0.05) is 23.9 Å². The number of ether oxygens (including phenoxy) is 1. The van der Waals surface area contributed by atoms with E-state index in [0.29, 0.717) is 16.9 Å². The van der Waals surface area contributed by atoms with Gasteiger partial charge in [-0.3, -0.25) is 4.98 Å². The van der Waals surface area contributed by atoms with Gasteiger partial charge in [-0.15, -0.1) is 0 Å². The first-order valence-electron chi connectivity index (χ1n) is 12.3. The van der Waals surface area contributed by atoms with Crippen LogP contribution in [0.4, 0.5) is 0 Å². The fourth-order valence-corrected chi connectivity index (χ4v) is 4.32. The van der Waals surface area contributed by atoms with Crippen LogP contribution < -0.4 is 0 Å². The van der Waals surface area contributed by atoms with Crippen LogP contribution in [0, 0.1) is 16.7 Å². The van der Waals surface area contributed by atoms with Crippen molar-refractivity contribution in [3.8, 4) is 0 Å². The van der Waals surface area contributed by atoms with Crippen molar-refractivity contribution in [2.45, 2.75) is 125 Å². The van der Waals surface area contributed by atoms with Gasteiger partial charge in [0.2, 0.25) is 0 Å².